The maximum Gasteiger partial charge on any atom is 0.164 e. The first-order chi connectivity index (χ1) is 37.2. The summed E-state index contributed by atoms with van der Waals surface area (Å²) in [7, 11) is 0. The smallest absolute Gasteiger partial charge is 0.164 e. The summed E-state index contributed by atoms with van der Waals surface area (Å²) in [6.45, 7) is 0. The van der Waals surface area contributed by atoms with Crippen LogP contribution in [0.2, 0.25) is 0 Å². The van der Waals surface area contributed by atoms with Crippen LogP contribution < -0.4 is 0 Å². The van der Waals surface area contributed by atoms with Gasteiger partial charge in [-0.2, -0.15) is 0 Å². The summed E-state index contributed by atoms with van der Waals surface area (Å²) in [5.41, 5.74) is 13.6. The highest BCUT2D eigenvalue weighted by molar-refractivity contribution is 6.29. The van der Waals surface area contributed by atoms with Gasteiger partial charge in [-0.15, -0.1) is 0 Å². The van der Waals surface area contributed by atoms with Gasteiger partial charge in [0, 0.05) is 54.7 Å². The van der Waals surface area contributed by atoms with Crippen LogP contribution in [0.4, 0.5) is 0 Å². The summed E-state index contributed by atoms with van der Waals surface area (Å²) in [6, 6.07) is 89.9. The Balaban J connectivity index is 0.982. The van der Waals surface area contributed by atoms with Crippen LogP contribution in [0.3, 0.4) is 0 Å². The summed E-state index contributed by atoms with van der Waals surface area (Å²) < 4.78 is 6.87. The Bertz CT molecular complexity index is 4670. The lowest BCUT2D eigenvalue weighted by molar-refractivity contribution is 0.669. The highest BCUT2D eigenvalue weighted by Gasteiger charge is 2.24. The third kappa shape index (κ3) is 7.16. The molecular weight excluding hydrogens is 913 g/mol. The standard InChI is InChI=1S/C70H42N4O/c1-4-19-43(20-5-1)49-38-50(44-21-6-2-7-22-44)40-51(39-49)70-73-68(45-23-8-3-9-24-45)72-69(74-70)48-26-18-25-46(37-48)64-65-57-31-14-16-33-61(57)71-67(60(65)42-63-66(64)58-32-15-17-34-62(58)75-63)47-35-36-56-54-29-11-10-27-52(54)53-28-12-13-30-55(53)59(56)41-47/h1-42H. The number of hydrogen-bond acceptors (Lipinski definition) is 5. The van der Waals surface area contributed by atoms with Crippen molar-refractivity contribution in [1.29, 1.82) is 0 Å². The third-order valence-corrected chi connectivity index (χ3v) is 14.8. The van der Waals surface area contributed by atoms with Gasteiger partial charge in [0.15, 0.2) is 17.5 Å². The average molecular weight is 955 g/mol. The zero-order valence-electron chi connectivity index (χ0n) is 40.4. The van der Waals surface area contributed by atoms with E-state index in [-0.39, 0.29) is 0 Å². The number of furan rings is 1. The van der Waals surface area contributed by atoms with Crippen LogP contribution in [0.15, 0.2) is 259 Å². The number of nitrogens with zero attached hydrogens (tertiary/aromatic N) is 4. The Hall–Kier alpha value is -10.1. The van der Waals surface area contributed by atoms with Gasteiger partial charge >= 0.3 is 0 Å². The van der Waals surface area contributed by atoms with Crippen molar-refractivity contribution in [3.05, 3.63) is 255 Å². The predicted octanol–water partition coefficient (Wildman–Crippen LogP) is 18.6. The fourth-order valence-corrected chi connectivity index (χ4v) is 11.4. The van der Waals surface area contributed by atoms with Crippen molar-refractivity contribution in [2.24, 2.45) is 0 Å². The van der Waals surface area contributed by atoms with Gasteiger partial charge in [-0.05, 0) is 109 Å². The second kappa shape index (κ2) is 17.3. The highest BCUT2D eigenvalue weighted by atomic mass is 16.3. The van der Waals surface area contributed by atoms with Gasteiger partial charge in [0.2, 0.25) is 0 Å². The normalized spacial score (nSPS) is 11.7. The molecule has 0 N–H and O–H groups in total. The Kier molecular flexibility index (Phi) is 9.82. The van der Waals surface area contributed by atoms with E-state index in [0.29, 0.717) is 17.5 Å². The maximum absolute atomic E-state index is 6.87. The lowest BCUT2D eigenvalue weighted by Crippen LogP contribution is -2.01. The van der Waals surface area contributed by atoms with E-state index >= 15 is 0 Å². The number of pyridine rings is 1. The molecule has 5 nitrogen and oxygen atoms in total. The molecule has 3 heterocycles. The first kappa shape index (κ1) is 42.6. The summed E-state index contributed by atoms with van der Waals surface area (Å²) in [6.07, 6.45) is 0. The van der Waals surface area contributed by atoms with E-state index in [4.69, 9.17) is 24.4 Å². The first-order valence-corrected chi connectivity index (χ1v) is 25.4. The zero-order valence-corrected chi connectivity index (χ0v) is 40.4. The minimum absolute atomic E-state index is 0.573. The fourth-order valence-electron chi connectivity index (χ4n) is 11.4. The van der Waals surface area contributed by atoms with E-state index in [1.807, 2.05) is 36.4 Å². The monoisotopic (exact) mass is 954 g/mol. The van der Waals surface area contributed by atoms with Crippen LogP contribution >= 0.6 is 0 Å². The lowest BCUT2D eigenvalue weighted by Gasteiger charge is -2.17. The molecule has 0 unspecified atom stereocenters. The van der Waals surface area contributed by atoms with Gasteiger partial charge in [0.05, 0.1) is 11.2 Å². The zero-order chi connectivity index (χ0) is 49.4. The van der Waals surface area contributed by atoms with Gasteiger partial charge in [-0.1, -0.05) is 206 Å². The maximum atomic E-state index is 6.87. The molecule has 0 saturated heterocycles. The first-order valence-electron chi connectivity index (χ1n) is 25.4. The molecule has 0 spiro atoms. The molecule has 0 bridgehead atoms. The third-order valence-electron chi connectivity index (χ3n) is 14.8. The second-order valence-corrected chi connectivity index (χ2v) is 19.3. The van der Waals surface area contributed by atoms with E-state index in [1.54, 1.807) is 0 Å². The van der Waals surface area contributed by atoms with E-state index in [0.717, 1.165) is 105 Å². The molecule has 0 aliphatic heterocycles. The van der Waals surface area contributed by atoms with Crippen molar-refractivity contribution in [3.63, 3.8) is 0 Å². The van der Waals surface area contributed by atoms with Gasteiger partial charge in [-0.3, -0.25) is 0 Å². The Labute approximate surface area is 431 Å². The predicted molar refractivity (Wildman–Crippen MR) is 310 cm³/mol. The Morgan fingerprint density at radius 1 is 0.227 bits per heavy atom. The number of aromatic nitrogens is 4. The Morgan fingerprint density at radius 3 is 1.35 bits per heavy atom. The van der Waals surface area contributed by atoms with Crippen molar-refractivity contribution in [2.45, 2.75) is 0 Å². The van der Waals surface area contributed by atoms with Gasteiger partial charge < -0.3 is 4.42 Å². The molecule has 3 aromatic heterocycles. The molecule has 0 saturated carbocycles. The molecule has 0 aliphatic rings. The van der Waals surface area contributed by atoms with Crippen molar-refractivity contribution < 1.29 is 4.42 Å². The van der Waals surface area contributed by atoms with Crippen molar-refractivity contribution in [1.82, 2.24) is 19.9 Å². The number of rotatable bonds is 7. The highest BCUT2D eigenvalue weighted by Crippen LogP contribution is 2.48. The Morgan fingerprint density at radius 2 is 0.693 bits per heavy atom. The van der Waals surface area contributed by atoms with E-state index in [2.05, 4.69) is 218 Å². The number of hydrogen-bond donors (Lipinski definition) is 0. The molecule has 0 radical (unpaired) electrons. The summed E-state index contributed by atoms with van der Waals surface area (Å²) in [5.74, 6) is 1.76. The molecule has 12 aromatic carbocycles. The summed E-state index contributed by atoms with van der Waals surface area (Å²) in [5, 5.41) is 12.6. The molecule has 15 rings (SSSR count). The summed E-state index contributed by atoms with van der Waals surface area (Å²) in [4.78, 5) is 21.4. The van der Waals surface area contributed by atoms with Gasteiger partial charge in [0.1, 0.15) is 11.2 Å². The molecule has 15 aromatic rings. The molecule has 0 fully saturated rings. The van der Waals surface area contributed by atoms with Crippen LogP contribution in [-0.2, 0) is 0 Å². The van der Waals surface area contributed by atoms with Crippen LogP contribution in [0.1, 0.15) is 0 Å². The molecule has 348 valence electrons. The van der Waals surface area contributed by atoms with Crippen molar-refractivity contribution in [2.75, 3.05) is 0 Å². The molecular formula is C70H42N4O. The van der Waals surface area contributed by atoms with E-state index in [9.17, 15) is 0 Å². The minimum atomic E-state index is 0.573. The molecule has 0 aliphatic carbocycles. The molecule has 0 atom stereocenters. The van der Waals surface area contributed by atoms with Crippen LogP contribution in [-0.4, -0.2) is 19.9 Å². The quantitative estimate of drug-likeness (QED) is 0.149. The topological polar surface area (TPSA) is 64.7 Å². The molecule has 75 heavy (non-hydrogen) atoms. The largest absolute Gasteiger partial charge is 0.456 e. The van der Waals surface area contributed by atoms with Crippen LogP contribution in [0.5, 0.6) is 0 Å². The van der Waals surface area contributed by atoms with Gasteiger partial charge in [0.25, 0.3) is 0 Å². The SMILES string of the molecule is c1ccc(-c2cc(-c3ccccc3)cc(-c3nc(-c4ccccc4)nc(-c4cccc(-c5c6c(cc7c(-c8ccc9c%10ccccc%10c%10ccccc%10c9c8)nc8ccccc8c57)oc5ccccc56)c4)n3)c2)cc1. The van der Waals surface area contributed by atoms with Gasteiger partial charge in [-0.25, -0.2) is 19.9 Å². The van der Waals surface area contributed by atoms with Crippen LogP contribution in [0.25, 0.3) is 155 Å². The minimum Gasteiger partial charge on any atom is -0.456 e. The number of benzene rings is 12. The van der Waals surface area contributed by atoms with E-state index < -0.39 is 0 Å². The van der Waals surface area contributed by atoms with Crippen LogP contribution in [0, 0.1) is 0 Å². The number of para-hydroxylation sites is 2. The lowest BCUT2D eigenvalue weighted by atomic mass is 9.88. The number of fused-ring (bicyclic) bond motifs is 12. The summed E-state index contributed by atoms with van der Waals surface area (Å²) >= 11 is 0. The molecule has 0 amide bonds. The van der Waals surface area contributed by atoms with Crippen molar-refractivity contribution >= 4 is 75.9 Å². The second-order valence-electron chi connectivity index (χ2n) is 19.3. The fraction of sp³-hybridized carbons (Fsp3) is 0. The van der Waals surface area contributed by atoms with Crippen molar-refractivity contribution in [3.8, 4) is 78.8 Å². The van der Waals surface area contributed by atoms with E-state index in [1.165, 1.54) is 32.3 Å². The average Bonchev–Trinajstić information content (AvgIpc) is 3.96. The molecule has 5 heteroatoms.